The maximum absolute atomic E-state index is 15.2. The van der Waals surface area contributed by atoms with Gasteiger partial charge in [-0.3, -0.25) is 19.2 Å². The molecule has 0 saturated carbocycles. The molecule has 0 radical (unpaired) electrons. The average molecular weight is 781 g/mol. The number of amides is 1. The van der Waals surface area contributed by atoms with Gasteiger partial charge in [-0.25, -0.2) is 14.6 Å². The maximum Gasteiger partial charge on any atom is 0.415 e. The molecular weight excluding hydrogens is 693 g/mol. The number of esters is 1. The standard InChI is InChI=1S/C45H62N4O6/c1-14-19-45(53-13)32-23-35-39-37(28(7)47(35)40(50)38(32)29(8)54-41(45)51)36(24(2)3)31-22-30(17-18-33(31)46-39)55-42(52)49-26(5)21-34(27(6)44(49,11)12)48-25(4)16-15-20-43(48,9)10/h17-18,22-29,34H,14-16,19-21H2,1-13H3/t25?,26?,27?,28?,29?,34?,45-/m0/s1/i2D3,14D2,15D2,16D2,17D,18D,19D2,20D2,21D2,22D,23D,24D,25D,26D,27D,28D,29D,34D/t24?,25?,26?,27?,28?,29?,34?,45-. The second-order valence-electron chi connectivity index (χ2n) is 14.7. The van der Waals surface area contributed by atoms with E-state index in [-0.39, 0.29) is 4.90 Å². The summed E-state index contributed by atoms with van der Waals surface area (Å²) >= 11 is 0. The third-order valence-electron chi connectivity index (χ3n) is 10.6. The predicted octanol–water partition coefficient (Wildman–Crippen LogP) is 9.40. The summed E-state index contributed by atoms with van der Waals surface area (Å²) in [7, 11) is 0.737. The van der Waals surface area contributed by atoms with Crippen molar-refractivity contribution in [2.75, 3.05) is 7.11 Å². The summed E-state index contributed by atoms with van der Waals surface area (Å²) in [6.45, 7) is 6.15. The second-order valence-corrected chi connectivity index (χ2v) is 14.7. The van der Waals surface area contributed by atoms with Gasteiger partial charge in [-0.1, -0.05) is 40.4 Å². The number of ether oxygens (including phenoxy) is 3. The molecule has 0 spiro atoms. The number of aromatic nitrogens is 2. The van der Waals surface area contributed by atoms with E-state index in [2.05, 4.69) is 4.98 Å². The van der Waals surface area contributed by atoms with Crippen molar-refractivity contribution in [1.82, 2.24) is 19.4 Å². The monoisotopic (exact) mass is 781 g/mol. The van der Waals surface area contributed by atoms with Crippen molar-refractivity contribution in [3.8, 4) is 17.1 Å². The normalized spacial score (nSPS) is 50.3. The lowest BCUT2D eigenvalue weighted by Gasteiger charge is -2.60. The quantitative estimate of drug-likeness (QED) is 0.228. The molecule has 6 heterocycles. The van der Waals surface area contributed by atoms with Gasteiger partial charge in [0.2, 0.25) is 0 Å². The molecule has 298 valence electrons. The molecule has 10 heteroatoms. The minimum Gasteiger partial charge on any atom is -0.455 e. The molecule has 2 fully saturated rings. The molecule has 7 unspecified atom stereocenters. The summed E-state index contributed by atoms with van der Waals surface area (Å²) < 4.78 is 256. The van der Waals surface area contributed by atoms with Crippen molar-refractivity contribution in [3.05, 3.63) is 56.8 Å². The highest BCUT2D eigenvalue weighted by atomic mass is 16.6. The molecule has 4 aliphatic rings. The minimum atomic E-state index is -3.77. The van der Waals surface area contributed by atoms with Crippen molar-refractivity contribution in [2.45, 2.75) is 174 Å². The molecule has 4 aliphatic heterocycles. The van der Waals surface area contributed by atoms with Crippen molar-refractivity contribution >= 4 is 23.0 Å². The number of likely N-dealkylation sites (tertiary alicyclic amines) is 2. The first-order chi connectivity index (χ1) is 35.6. The number of methoxy groups -OCH3 is 1. The summed E-state index contributed by atoms with van der Waals surface area (Å²) in [5, 5.41) is -0.907. The van der Waals surface area contributed by atoms with Gasteiger partial charge in [-0.15, -0.1) is 0 Å². The number of fused-ring (bicyclic) bond motifs is 5. The third-order valence-corrected chi connectivity index (χ3v) is 10.6. The van der Waals surface area contributed by atoms with Gasteiger partial charge in [0.15, 0.2) is 5.60 Å². The highest BCUT2D eigenvalue weighted by Gasteiger charge is 2.53. The first-order valence-corrected chi connectivity index (χ1v) is 17.5. The summed E-state index contributed by atoms with van der Waals surface area (Å²) in [6, 6.07) is -17.5. The first kappa shape index (κ1) is 18.7. The number of piperidine rings is 2. The molecule has 2 saturated heterocycles. The molecule has 8 atom stereocenters. The van der Waals surface area contributed by atoms with Gasteiger partial charge in [-0.2, -0.15) is 0 Å². The lowest BCUT2D eigenvalue weighted by atomic mass is 9.71. The van der Waals surface area contributed by atoms with E-state index in [1.54, 1.807) is 0 Å². The van der Waals surface area contributed by atoms with Crippen molar-refractivity contribution < 1.29 is 59.4 Å². The van der Waals surface area contributed by atoms with Gasteiger partial charge in [0.25, 0.3) is 5.56 Å². The minimum absolute atomic E-state index is 0.286. The fourth-order valence-electron chi connectivity index (χ4n) is 7.81. The zero-order valence-corrected chi connectivity index (χ0v) is 32.7. The van der Waals surface area contributed by atoms with Gasteiger partial charge < -0.3 is 14.2 Å². The van der Waals surface area contributed by atoms with Crippen LogP contribution in [0, 0.1) is 5.89 Å². The van der Waals surface area contributed by atoms with Crippen LogP contribution in [-0.2, 0) is 19.9 Å². The number of hydrogen-bond acceptors (Lipinski definition) is 8. The molecule has 7 rings (SSSR count). The highest BCUT2D eigenvalue weighted by Crippen LogP contribution is 2.49. The molecule has 10 nitrogen and oxygen atoms in total. The van der Waals surface area contributed by atoms with Crippen LogP contribution < -0.4 is 10.3 Å². The Morgan fingerprint density at radius 1 is 1.16 bits per heavy atom. The van der Waals surface area contributed by atoms with Crippen LogP contribution >= 0.6 is 0 Å². The Morgan fingerprint density at radius 3 is 2.56 bits per heavy atom. The smallest absolute Gasteiger partial charge is 0.415 e. The molecular formula is C45H62N4O6. The Balaban J connectivity index is 1.54. The summed E-state index contributed by atoms with van der Waals surface area (Å²) in [4.78, 5) is 49.5. The number of cyclic esters (lactones) is 1. The topological polar surface area (TPSA) is 103 Å². The fraction of sp³-hybridized carbons (Fsp3) is 0.644. The van der Waals surface area contributed by atoms with Crippen LogP contribution in [0.3, 0.4) is 0 Å². The van der Waals surface area contributed by atoms with Crippen LogP contribution in [0.1, 0.15) is 197 Å². The Morgan fingerprint density at radius 2 is 1.89 bits per heavy atom. The van der Waals surface area contributed by atoms with E-state index in [4.69, 9.17) is 33.4 Å². The van der Waals surface area contributed by atoms with Gasteiger partial charge in [0.05, 0.1) is 38.1 Å². The number of rotatable bonds is 6. The molecule has 1 aromatic carbocycles. The van der Waals surface area contributed by atoms with Crippen LogP contribution in [0.5, 0.6) is 5.75 Å². The van der Waals surface area contributed by atoms with E-state index < -0.39 is 196 Å². The lowest BCUT2D eigenvalue weighted by molar-refractivity contribution is -0.182. The van der Waals surface area contributed by atoms with Crippen LogP contribution in [0.4, 0.5) is 4.79 Å². The molecule has 55 heavy (non-hydrogen) atoms. The number of carbonyl (C=O) groups excluding carboxylic acids is 2. The highest BCUT2D eigenvalue weighted by molar-refractivity contribution is 5.91. The largest absolute Gasteiger partial charge is 0.455 e. The average Bonchev–Trinajstić information content (AvgIpc) is 3.51. The number of nitrogens with zero attached hydrogens (tertiary/aromatic N) is 4. The van der Waals surface area contributed by atoms with Gasteiger partial charge in [0, 0.05) is 78.8 Å². The molecule has 0 bridgehead atoms. The molecule has 0 aliphatic carbocycles. The molecule has 1 amide bonds. The van der Waals surface area contributed by atoms with E-state index in [0.717, 1.165) is 76.3 Å². The Hall–Kier alpha value is -3.76. The molecule has 2 aromatic heterocycles. The van der Waals surface area contributed by atoms with Crippen LogP contribution in [0.2, 0.25) is 0 Å². The van der Waals surface area contributed by atoms with E-state index in [1.807, 2.05) is 0 Å². The fourth-order valence-corrected chi connectivity index (χ4v) is 7.81. The predicted molar refractivity (Wildman–Crippen MR) is 216 cm³/mol. The van der Waals surface area contributed by atoms with Crippen LogP contribution in [0.25, 0.3) is 22.3 Å². The van der Waals surface area contributed by atoms with Crippen LogP contribution in [0.15, 0.2) is 29.0 Å². The SMILES string of the molecule is [2H]c1c(OC(=O)N2C([2H])(C)C([2H])([2H])C([2H])(N3C([2H])(C)C([2H])([2H])C([2H])([2H])C([2H])([2H])C3(C)C)C([2H])(C)C2(C)C)c([2H])c2c(C([2H])(C)C([2H])([2H])[2H])c3c(nc2c1[2H])-c1c([2H])c2c(c(=O)n1C3([2H])C)C([2H])(C)OC(=O)[C@]2(OC)C([2H])([2H])C([2H])([2H])C. The van der Waals surface area contributed by atoms with Gasteiger partial charge in [0.1, 0.15) is 11.8 Å². The van der Waals surface area contributed by atoms with E-state index in [9.17, 15) is 21.2 Å². The Kier molecular flexibility index (Phi) is 4.65. The lowest BCUT2D eigenvalue weighted by Crippen LogP contribution is -2.69. The van der Waals surface area contributed by atoms with Crippen LogP contribution in [-0.4, -0.2) is 67.7 Å². The first-order valence-electron chi connectivity index (χ1n) is 30.5. The Bertz CT molecular complexity index is 3280. The zero-order chi connectivity index (χ0) is 63.3. The maximum atomic E-state index is 15.2. The second kappa shape index (κ2) is 13.7. The van der Waals surface area contributed by atoms with E-state index in [0.29, 0.717) is 16.4 Å². The van der Waals surface area contributed by atoms with E-state index >= 15 is 9.59 Å². The summed E-state index contributed by atoms with van der Waals surface area (Å²) in [6.07, 6.45) is -25.6. The third kappa shape index (κ3) is 5.86. The number of hydrogen-bond donors (Lipinski definition) is 0. The Labute approximate surface area is 363 Å². The molecule has 0 N–H and O–H groups in total. The zero-order valence-electron chi connectivity index (χ0n) is 58.7. The van der Waals surface area contributed by atoms with Crippen molar-refractivity contribution in [1.29, 1.82) is 0 Å². The number of benzene rings is 1. The van der Waals surface area contributed by atoms with Gasteiger partial charge in [-0.05, 0) is 122 Å². The molecule has 3 aromatic rings. The van der Waals surface area contributed by atoms with E-state index in [1.165, 1.54) is 0 Å². The number of pyridine rings is 2. The van der Waals surface area contributed by atoms with Crippen molar-refractivity contribution in [3.63, 3.8) is 0 Å². The summed E-state index contributed by atoms with van der Waals surface area (Å²) in [5.41, 5.74) is -16.3. The summed E-state index contributed by atoms with van der Waals surface area (Å²) in [5.74, 6) is -9.15. The number of carbonyl (C=O) groups is 2. The van der Waals surface area contributed by atoms with Crippen molar-refractivity contribution in [2.24, 2.45) is 5.89 Å². The van der Waals surface area contributed by atoms with Gasteiger partial charge >= 0.3 is 12.1 Å².